The highest BCUT2D eigenvalue weighted by molar-refractivity contribution is 7.90. The second-order valence-corrected chi connectivity index (χ2v) is 11.2. The van der Waals surface area contributed by atoms with Crippen molar-refractivity contribution in [3.63, 3.8) is 0 Å². The maximum atomic E-state index is 13.2. The van der Waals surface area contributed by atoms with E-state index in [1.54, 1.807) is 36.5 Å². The van der Waals surface area contributed by atoms with Crippen LogP contribution in [0.15, 0.2) is 59.6 Å². The molecule has 1 saturated heterocycles. The molecular formula is C26H29N3O3S. The minimum absolute atomic E-state index is 0.0248. The van der Waals surface area contributed by atoms with Gasteiger partial charge in [-0.05, 0) is 61.1 Å². The highest BCUT2D eigenvalue weighted by atomic mass is 32.2. The lowest BCUT2D eigenvalue weighted by atomic mass is 10.1. The van der Waals surface area contributed by atoms with Crippen molar-refractivity contribution in [2.24, 2.45) is 5.92 Å². The van der Waals surface area contributed by atoms with Gasteiger partial charge >= 0.3 is 0 Å². The van der Waals surface area contributed by atoms with Crippen LogP contribution >= 0.6 is 0 Å². The van der Waals surface area contributed by atoms with Crippen LogP contribution in [0.4, 0.5) is 0 Å². The first kappa shape index (κ1) is 22.0. The molecule has 1 aromatic heterocycles. The van der Waals surface area contributed by atoms with Crippen LogP contribution in [-0.4, -0.2) is 61.8 Å². The highest BCUT2D eigenvalue weighted by Gasteiger charge is 2.28. The van der Waals surface area contributed by atoms with Gasteiger partial charge in [-0.2, -0.15) is 0 Å². The third-order valence-corrected chi connectivity index (χ3v) is 8.43. The first-order valence-corrected chi connectivity index (χ1v) is 13.2. The zero-order valence-electron chi connectivity index (χ0n) is 18.9. The standard InChI is InChI=1S/C26H29N3O3S/c1-19-16-22(26(30)29-14-12-28(13-15-29)17-20-7-8-20)9-10-23(19)18-33(31,32)24-6-2-4-21-5-3-11-27-25(21)24/h2-6,9-11,16,20H,7-8,12-15,17-18H2,1H3. The first-order valence-electron chi connectivity index (χ1n) is 11.6. The summed E-state index contributed by atoms with van der Waals surface area (Å²) in [6, 6.07) is 14.2. The zero-order valence-corrected chi connectivity index (χ0v) is 19.7. The molecule has 1 aliphatic heterocycles. The van der Waals surface area contributed by atoms with Crippen LogP contribution in [0.1, 0.15) is 34.3 Å². The fourth-order valence-electron chi connectivity index (χ4n) is 4.58. The Morgan fingerprint density at radius 1 is 1.03 bits per heavy atom. The van der Waals surface area contributed by atoms with Crippen molar-refractivity contribution in [3.8, 4) is 0 Å². The van der Waals surface area contributed by atoms with Gasteiger partial charge in [-0.15, -0.1) is 0 Å². The fourth-order valence-corrected chi connectivity index (χ4v) is 6.22. The van der Waals surface area contributed by atoms with E-state index in [0.717, 1.165) is 49.6 Å². The van der Waals surface area contributed by atoms with Crippen molar-refractivity contribution in [1.29, 1.82) is 0 Å². The number of amides is 1. The Kier molecular flexibility index (Phi) is 5.93. The molecule has 2 aromatic carbocycles. The van der Waals surface area contributed by atoms with Crippen LogP contribution in [0.5, 0.6) is 0 Å². The molecule has 1 aliphatic carbocycles. The average molecular weight is 464 g/mol. The third kappa shape index (κ3) is 4.80. The number of sulfone groups is 1. The van der Waals surface area contributed by atoms with E-state index in [2.05, 4.69) is 9.88 Å². The topological polar surface area (TPSA) is 70.6 Å². The maximum Gasteiger partial charge on any atom is 0.253 e. The lowest BCUT2D eigenvalue weighted by Gasteiger charge is -2.35. The molecule has 1 amide bonds. The number of nitrogens with zero attached hydrogens (tertiary/aromatic N) is 3. The summed E-state index contributed by atoms with van der Waals surface area (Å²) >= 11 is 0. The Morgan fingerprint density at radius 2 is 1.79 bits per heavy atom. The summed E-state index contributed by atoms with van der Waals surface area (Å²) in [5.74, 6) is 0.767. The molecule has 33 heavy (non-hydrogen) atoms. The van der Waals surface area contributed by atoms with Crippen molar-refractivity contribution >= 4 is 26.6 Å². The lowest BCUT2D eigenvalue weighted by molar-refractivity contribution is 0.0632. The van der Waals surface area contributed by atoms with E-state index < -0.39 is 9.84 Å². The second kappa shape index (κ2) is 8.88. The van der Waals surface area contributed by atoms with Gasteiger partial charge in [0.25, 0.3) is 5.91 Å². The predicted molar refractivity (Wildman–Crippen MR) is 129 cm³/mol. The summed E-state index contributed by atoms with van der Waals surface area (Å²) in [6.07, 6.45) is 4.30. The molecule has 0 radical (unpaired) electrons. The number of benzene rings is 2. The van der Waals surface area contributed by atoms with E-state index in [9.17, 15) is 13.2 Å². The smallest absolute Gasteiger partial charge is 0.253 e. The molecule has 0 N–H and O–H groups in total. The molecule has 2 heterocycles. The number of carbonyl (C=O) groups is 1. The minimum Gasteiger partial charge on any atom is -0.336 e. The largest absolute Gasteiger partial charge is 0.336 e. The number of aryl methyl sites for hydroxylation is 1. The summed E-state index contributed by atoms with van der Waals surface area (Å²) < 4.78 is 26.5. The molecule has 0 spiro atoms. The normalized spacial score (nSPS) is 17.4. The van der Waals surface area contributed by atoms with Crippen molar-refractivity contribution in [2.45, 2.75) is 30.4 Å². The molecule has 6 nitrogen and oxygen atoms in total. The number of pyridine rings is 1. The van der Waals surface area contributed by atoms with Crippen LogP contribution in [0, 0.1) is 12.8 Å². The van der Waals surface area contributed by atoms with Crippen molar-refractivity contribution in [1.82, 2.24) is 14.8 Å². The molecule has 0 bridgehead atoms. The number of rotatable bonds is 6. The Labute approximate surface area is 195 Å². The quantitative estimate of drug-likeness (QED) is 0.558. The molecule has 2 fully saturated rings. The second-order valence-electron chi connectivity index (χ2n) is 9.27. The predicted octanol–water partition coefficient (Wildman–Crippen LogP) is 3.68. The van der Waals surface area contributed by atoms with E-state index in [1.165, 1.54) is 12.8 Å². The number of para-hydroxylation sites is 1. The average Bonchev–Trinajstić information content (AvgIpc) is 3.64. The molecule has 3 aromatic rings. The molecule has 2 aliphatic rings. The van der Waals surface area contributed by atoms with Crippen molar-refractivity contribution in [2.75, 3.05) is 32.7 Å². The Morgan fingerprint density at radius 3 is 2.52 bits per heavy atom. The van der Waals surface area contributed by atoms with Gasteiger partial charge in [0.05, 0.1) is 16.2 Å². The van der Waals surface area contributed by atoms with Crippen LogP contribution < -0.4 is 0 Å². The number of hydrogen-bond acceptors (Lipinski definition) is 5. The maximum absolute atomic E-state index is 13.2. The highest BCUT2D eigenvalue weighted by Crippen LogP contribution is 2.30. The van der Waals surface area contributed by atoms with Gasteiger partial charge in [0.15, 0.2) is 9.84 Å². The van der Waals surface area contributed by atoms with E-state index in [4.69, 9.17) is 0 Å². The van der Waals surface area contributed by atoms with Crippen molar-refractivity contribution < 1.29 is 13.2 Å². The summed E-state index contributed by atoms with van der Waals surface area (Å²) in [4.78, 5) is 21.9. The summed E-state index contributed by atoms with van der Waals surface area (Å²) in [5, 5.41) is 0.800. The minimum atomic E-state index is -3.59. The molecule has 7 heteroatoms. The number of hydrogen-bond donors (Lipinski definition) is 0. The number of fused-ring (bicyclic) bond motifs is 1. The molecular weight excluding hydrogens is 434 g/mol. The molecule has 5 rings (SSSR count). The molecule has 172 valence electrons. The molecule has 0 atom stereocenters. The van der Waals surface area contributed by atoms with Gasteiger partial charge in [-0.1, -0.05) is 24.3 Å². The summed E-state index contributed by atoms with van der Waals surface area (Å²) in [5.41, 5.74) is 2.63. The van der Waals surface area contributed by atoms with Crippen LogP contribution in [0.2, 0.25) is 0 Å². The van der Waals surface area contributed by atoms with Gasteiger partial charge in [0, 0.05) is 49.9 Å². The van der Waals surface area contributed by atoms with E-state index in [-0.39, 0.29) is 16.6 Å². The van der Waals surface area contributed by atoms with Crippen molar-refractivity contribution in [3.05, 3.63) is 71.4 Å². The molecule has 0 unspecified atom stereocenters. The number of piperazine rings is 1. The SMILES string of the molecule is Cc1cc(C(=O)N2CCN(CC3CC3)CC2)ccc1CS(=O)(=O)c1cccc2cccnc12. The Balaban J connectivity index is 1.30. The van der Waals surface area contributed by atoms with Crippen LogP contribution in [0.3, 0.4) is 0 Å². The van der Waals surface area contributed by atoms with Crippen LogP contribution in [-0.2, 0) is 15.6 Å². The van der Waals surface area contributed by atoms with E-state index in [1.807, 2.05) is 30.0 Å². The van der Waals surface area contributed by atoms with Gasteiger partial charge < -0.3 is 4.90 Å². The van der Waals surface area contributed by atoms with E-state index >= 15 is 0 Å². The Bertz CT molecular complexity index is 1290. The monoisotopic (exact) mass is 463 g/mol. The summed E-state index contributed by atoms with van der Waals surface area (Å²) in [6.45, 7) is 6.38. The van der Waals surface area contributed by atoms with Gasteiger partial charge in [-0.3, -0.25) is 14.7 Å². The van der Waals surface area contributed by atoms with Gasteiger partial charge in [0.2, 0.25) is 0 Å². The fraction of sp³-hybridized carbons (Fsp3) is 0.385. The Hall–Kier alpha value is -2.77. The number of carbonyl (C=O) groups excluding carboxylic acids is 1. The first-order chi connectivity index (χ1) is 15.9. The van der Waals surface area contributed by atoms with E-state index in [0.29, 0.717) is 16.6 Å². The summed E-state index contributed by atoms with van der Waals surface area (Å²) in [7, 11) is -3.59. The lowest BCUT2D eigenvalue weighted by Crippen LogP contribution is -2.49. The zero-order chi connectivity index (χ0) is 23.0. The van der Waals surface area contributed by atoms with Gasteiger partial charge in [-0.25, -0.2) is 8.42 Å². The molecule has 1 saturated carbocycles. The van der Waals surface area contributed by atoms with Crippen LogP contribution in [0.25, 0.3) is 10.9 Å². The van der Waals surface area contributed by atoms with Gasteiger partial charge in [0.1, 0.15) is 0 Å². The third-order valence-electron chi connectivity index (χ3n) is 6.74. The number of aromatic nitrogens is 1.